The number of nitrogens with one attached hydrogen (secondary N) is 1. The van der Waals surface area contributed by atoms with Gasteiger partial charge < -0.3 is 15.2 Å². The first-order valence-corrected chi connectivity index (χ1v) is 5.93. The van der Waals surface area contributed by atoms with Crippen LogP contribution in [-0.2, 0) is 4.74 Å². The van der Waals surface area contributed by atoms with Gasteiger partial charge in [-0.05, 0) is 28.1 Å². The van der Waals surface area contributed by atoms with E-state index in [1.807, 2.05) is 0 Å². The lowest BCUT2D eigenvalue weighted by molar-refractivity contribution is 0.0215. The third-order valence-corrected chi connectivity index (χ3v) is 2.69. The molecule has 18 heavy (non-hydrogen) atoms. The van der Waals surface area contributed by atoms with Crippen molar-refractivity contribution in [3.8, 4) is 0 Å². The predicted octanol–water partition coefficient (Wildman–Crippen LogP) is 2.84. The van der Waals surface area contributed by atoms with Crippen LogP contribution in [0.4, 0.5) is 14.5 Å². The first-order chi connectivity index (χ1) is 8.52. The molecular weight excluding hydrogens is 312 g/mol. The molecule has 0 aromatic heterocycles. The SMILES string of the molecule is O=C(O)c1c(Br)cccc1NCCOCC(F)F. The van der Waals surface area contributed by atoms with Crippen LogP contribution in [-0.4, -0.2) is 37.3 Å². The summed E-state index contributed by atoms with van der Waals surface area (Å²) < 4.78 is 28.7. The maximum atomic E-state index is 11.8. The monoisotopic (exact) mass is 323 g/mol. The van der Waals surface area contributed by atoms with Gasteiger partial charge in [0.15, 0.2) is 0 Å². The highest BCUT2D eigenvalue weighted by Crippen LogP contribution is 2.24. The summed E-state index contributed by atoms with van der Waals surface area (Å²) in [6.07, 6.45) is -2.49. The highest BCUT2D eigenvalue weighted by molar-refractivity contribution is 9.10. The van der Waals surface area contributed by atoms with Crippen LogP contribution >= 0.6 is 15.9 Å². The van der Waals surface area contributed by atoms with Crippen molar-refractivity contribution in [3.63, 3.8) is 0 Å². The van der Waals surface area contributed by atoms with Gasteiger partial charge in [0, 0.05) is 16.7 Å². The van der Waals surface area contributed by atoms with Crippen molar-refractivity contribution in [2.75, 3.05) is 25.1 Å². The molecule has 0 fully saturated rings. The summed E-state index contributed by atoms with van der Waals surface area (Å²) in [4.78, 5) is 11.0. The number of hydrogen-bond donors (Lipinski definition) is 2. The van der Waals surface area contributed by atoms with Crippen LogP contribution in [0.25, 0.3) is 0 Å². The van der Waals surface area contributed by atoms with Gasteiger partial charge in [-0.15, -0.1) is 0 Å². The molecule has 1 rings (SSSR count). The van der Waals surface area contributed by atoms with E-state index in [-0.39, 0.29) is 18.7 Å². The molecule has 0 aliphatic heterocycles. The molecule has 0 heterocycles. The highest BCUT2D eigenvalue weighted by atomic mass is 79.9. The Labute approximate surface area is 111 Å². The molecule has 4 nitrogen and oxygen atoms in total. The van der Waals surface area contributed by atoms with Crippen molar-refractivity contribution >= 4 is 27.6 Å². The van der Waals surface area contributed by atoms with Gasteiger partial charge in [-0.3, -0.25) is 0 Å². The molecule has 0 radical (unpaired) electrons. The number of hydrogen-bond acceptors (Lipinski definition) is 3. The molecule has 0 unspecified atom stereocenters. The quantitative estimate of drug-likeness (QED) is 0.757. The molecule has 100 valence electrons. The zero-order valence-corrected chi connectivity index (χ0v) is 10.9. The van der Waals surface area contributed by atoms with Crippen LogP contribution in [0.1, 0.15) is 10.4 Å². The average molecular weight is 324 g/mol. The van der Waals surface area contributed by atoms with E-state index in [0.717, 1.165) is 0 Å². The van der Waals surface area contributed by atoms with Crippen LogP contribution in [0, 0.1) is 0 Å². The highest BCUT2D eigenvalue weighted by Gasteiger charge is 2.13. The topological polar surface area (TPSA) is 58.6 Å². The molecule has 0 aliphatic carbocycles. The summed E-state index contributed by atoms with van der Waals surface area (Å²) in [5, 5.41) is 11.8. The second-order valence-electron chi connectivity index (χ2n) is 3.36. The van der Waals surface area contributed by atoms with Crippen LogP contribution in [0.15, 0.2) is 22.7 Å². The van der Waals surface area contributed by atoms with Gasteiger partial charge >= 0.3 is 5.97 Å². The minimum Gasteiger partial charge on any atom is -0.478 e. The van der Waals surface area contributed by atoms with Crippen LogP contribution < -0.4 is 5.32 Å². The summed E-state index contributed by atoms with van der Waals surface area (Å²) in [5.41, 5.74) is 0.517. The zero-order valence-electron chi connectivity index (χ0n) is 9.33. The second-order valence-corrected chi connectivity index (χ2v) is 4.21. The lowest BCUT2D eigenvalue weighted by atomic mass is 10.2. The molecule has 7 heteroatoms. The summed E-state index contributed by atoms with van der Waals surface area (Å²) >= 11 is 3.14. The zero-order chi connectivity index (χ0) is 13.5. The summed E-state index contributed by atoms with van der Waals surface area (Å²) in [5.74, 6) is -1.07. The van der Waals surface area contributed by atoms with Crippen molar-refractivity contribution in [1.82, 2.24) is 0 Å². The molecule has 0 saturated heterocycles. The largest absolute Gasteiger partial charge is 0.478 e. The number of benzene rings is 1. The number of rotatable bonds is 7. The molecule has 0 atom stereocenters. The van der Waals surface area contributed by atoms with Gasteiger partial charge in [0.25, 0.3) is 6.43 Å². The van der Waals surface area contributed by atoms with Crippen molar-refractivity contribution < 1.29 is 23.4 Å². The number of aromatic carboxylic acids is 1. The van der Waals surface area contributed by atoms with Gasteiger partial charge in [0.1, 0.15) is 6.61 Å². The molecule has 0 saturated carbocycles. The van der Waals surface area contributed by atoms with Gasteiger partial charge in [0.05, 0.1) is 12.2 Å². The van der Waals surface area contributed by atoms with Crippen LogP contribution in [0.3, 0.4) is 0 Å². The Morgan fingerprint density at radius 3 is 2.83 bits per heavy atom. The van der Waals surface area contributed by atoms with Crippen LogP contribution in [0.2, 0.25) is 0 Å². The second kappa shape index (κ2) is 7.27. The summed E-state index contributed by atoms with van der Waals surface area (Å²) in [7, 11) is 0. The molecule has 0 amide bonds. The number of ether oxygens (including phenoxy) is 1. The minimum atomic E-state index is -2.49. The molecule has 0 spiro atoms. The molecule has 1 aromatic carbocycles. The number of carbonyl (C=O) groups is 1. The van der Waals surface area contributed by atoms with Gasteiger partial charge in [-0.2, -0.15) is 0 Å². The standard InChI is InChI=1S/C11H12BrF2NO3/c12-7-2-1-3-8(10(7)11(16)17)15-4-5-18-6-9(13)14/h1-3,9,15H,4-6H2,(H,16,17). The Morgan fingerprint density at radius 1 is 1.50 bits per heavy atom. The molecule has 2 N–H and O–H groups in total. The Bertz CT molecular complexity index is 415. The van der Waals surface area contributed by atoms with Crippen molar-refractivity contribution in [2.24, 2.45) is 0 Å². The maximum absolute atomic E-state index is 11.8. The smallest absolute Gasteiger partial charge is 0.338 e. The predicted molar refractivity (Wildman–Crippen MR) is 66.4 cm³/mol. The first-order valence-electron chi connectivity index (χ1n) is 5.14. The van der Waals surface area contributed by atoms with E-state index in [2.05, 4.69) is 26.0 Å². The first kappa shape index (κ1) is 14.8. The van der Waals surface area contributed by atoms with Crippen molar-refractivity contribution in [1.29, 1.82) is 0 Å². The third kappa shape index (κ3) is 4.58. The Balaban J connectivity index is 2.52. The molecule has 1 aromatic rings. The normalized spacial score (nSPS) is 10.7. The van der Waals surface area contributed by atoms with E-state index in [4.69, 9.17) is 5.11 Å². The van der Waals surface area contributed by atoms with E-state index in [0.29, 0.717) is 10.2 Å². The van der Waals surface area contributed by atoms with E-state index in [1.54, 1.807) is 18.2 Å². The van der Waals surface area contributed by atoms with Crippen molar-refractivity contribution in [3.05, 3.63) is 28.2 Å². The van der Waals surface area contributed by atoms with Gasteiger partial charge in [0.2, 0.25) is 0 Å². The van der Waals surface area contributed by atoms with E-state index < -0.39 is 19.0 Å². The Kier molecular flexibility index (Phi) is 6.00. The fourth-order valence-corrected chi connectivity index (χ4v) is 1.85. The Morgan fingerprint density at radius 2 is 2.22 bits per heavy atom. The van der Waals surface area contributed by atoms with E-state index >= 15 is 0 Å². The average Bonchev–Trinajstić information content (AvgIpc) is 2.27. The number of carboxylic acid groups (broad SMARTS) is 1. The molecule has 0 bridgehead atoms. The summed E-state index contributed by atoms with van der Waals surface area (Å²) in [6.45, 7) is -0.286. The number of carboxylic acids is 1. The maximum Gasteiger partial charge on any atom is 0.338 e. The van der Waals surface area contributed by atoms with E-state index in [1.165, 1.54) is 0 Å². The fourth-order valence-electron chi connectivity index (χ4n) is 1.32. The summed E-state index contributed by atoms with van der Waals surface area (Å²) in [6, 6.07) is 4.89. The molecular formula is C11H12BrF2NO3. The van der Waals surface area contributed by atoms with Gasteiger partial charge in [-0.25, -0.2) is 13.6 Å². The van der Waals surface area contributed by atoms with E-state index in [9.17, 15) is 13.6 Å². The lowest BCUT2D eigenvalue weighted by Gasteiger charge is -2.11. The minimum absolute atomic E-state index is 0.0793. The fraction of sp³-hybridized carbons (Fsp3) is 0.364. The number of anilines is 1. The van der Waals surface area contributed by atoms with Gasteiger partial charge in [-0.1, -0.05) is 6.07 Å². The lowest BCUT2D eigenvalue weighted by Crippen LogP contribution is -2.15. The van der Waals surface area contributed by atoms with Crippen molar-refractivity contribution in [2.45, 2.75) is 6.43 Å². The third-order valence-electron chi connectivity index (χ3n) is 2.03. The molecule has 0 aliphatic rings. The van der Waals surface area contributed by atoms with Crippen LogP contribution in [0.5, 0.6) is 0 Å². The number of alkyl halides is 2. The number of halogens is 3. The Hall–Kier alpha value is -1.21.